The number of hydrogen-bond donors (Lipinski definition) is 2. The van der Waals surface area contributed by atoms with Gasteiger partial charge in [0, 0.05) is 25.7 Å². The minimum atomic E-state index is -4.30. The molecule has 1 aromatic rings. The molecule has 0 fully saturated rings. The summed E-state index contributed by atoms with van der Waals surface area (Å²) in [7, 11) is 2.05. The summed E-state index contributed by atoms with van der Waals surface area (Å²) in [5, 5.41) is 6.36. The van der Waals surface area contributed by atoms with Crippen molar-refractivity contribution in [2.75, 3.05) is 26.7 Å². The largest absolute Gasteiger partial charge is 0.416 e. The first-order chi connectivity index (χ1) is 11.2. The zero-order valence-corrected chi connectivity index (χ0v) is 14.7. The highest BCUT2D eigenvalue weighted by Gasteiger charge is 2.29. The van der Waals surface area contributed by atoms with Gasteiger partial charge in [0.15, 0.2) is 5.96 Å². The van der Waals surface area contributed by atoms with Crippen molar-refractivity contribution in [1.82, 2.24) is 15.5 Å². The van der Waals surface area contributed by atoms with Crippen LogP contribution in [0.5, 0.6) is 0 Å². The molecule has 7 heteroatoms. The summed E-state index contributed by atoms with van der Waals surface area (Å²) in [5.41, 5.74) is 0.0940. The molecule has 24 heavy (non-hydrogen) atoms. The molecule has 136 valence electrons. The topological polar surface area (TPSA) is 39.7 Å². The Morgan fingerprint density at radius 3 is 2.29 bits per heavy atom. The molecular formula is C17H27F3N4. The van der Waals surface area contributed by atoms with Crippen LogP contribution in [0.4, 0.5) is 13.2 Å². The molecular weight excluding hydrogens is 317 g/mol. The predicted molar refractivity (Wildman–Crippen MR) is 92.0 cm³/mol. The summed E-state index contributed by atoms with van der Waals surface area (Å²) in [6.07, 6.45) is -4.30. The lowest BCUT2D eigenvalue weighted by atomic mass is 10.1. The van der Waals surface area contributed by atoms with Crippen molar-refractivity contribution in [2.45, 2.75) is 39.5 Å². The Morgan fingerprint density at radius 1 is 1.17 bits per heavy atom. The lowest BCUT2D eigenvalue weighted by Gasteiger charge is -2.21. The standard InChI is InChI=1S/C17H27F3N4/c1-5-21-16(22-10-11-24(4)13(2)3)23-12-14-6-8-15(9-7-14)17(18,19)20/h6-9,13H,5,10-12H2,1-4H3,(H2,21,22,23). The SMILES string of the molecule is CCNC(=NCc1ccc(C(F)(F)F)cc1)NCCN(C)C(C)C. The average molecular weight is 344 g/mol. The summed E-state index contributed by atoms with van der Waals surface area (Å²) in [6, 6.07) is 5.56. The summed E-state index contributed by atoms with van der Waals surface area (Å²) < 4.78 is 37.6. The highest BCUT2D eigenvalue weighted by molar-refractivity contribution is 5.79. The van der Waals surface area contributed by atoms with Crippen LogP contribution in [0.2, 0.25) is 0 Å². The first-order valence-electron chi connectivity index (χ1n) is 8.12. The molecule has 0 bridgehead atoms. The van der Waals surface area contributed by atoms with Gasteiger partial charge >= 0.3 is 6.18 Å². The van der Waals surface area contributed by atoms with Gasteiger partial charge in [-0.2, -0.15) is 13.2 Å². The number of aliphatic imine (C=N–C) groups is 1. The van der Waals surface area contributed by atoms with Gasteiger partial charge in [-0.1, -0.05) is 12.1 Å². The molecule has 0 unspecified atom stereocenters. The minimum absolute atomic E-state index is 0.327. The fourth-order valence-corrected chi connectivity index (χ4v) is 1.92. The second-order valence-corrected chi connectivity index (χ2v) is 5.89. The highest BCUT2D eigenvalue weighted by Crippen LogP contribution is 2.29. The predicted octanol–water partition coefficient (Wildman–Crippen LogP) is 3.10. The summed E-state index contributed by atoms with van der Waals surface area (Å²) in [6.45, 7) is 8.89. The number of halogens is 3. The van der Waals surface area contributed by atoms with E-state index >= 15 is 0 Å². The second kappa shape index (κ2) is 9.52. The maximum absolute atomic E-state index is 12.5. The van der Waals surface area contributed by atoms with Crippen LogP contribution in [0.3, 0.4) is 0 Å². The van der Waals surface area contributed by atoms with Crippen LogP contribution in [0, 0.1) is 0 Å². The van der Waals surface area contributed by atoms with Crippen molar-refractivity contribution in [3.63, 3.8) is 0 Å². The van der Waals surface area contributed by atoms with E-state index in [1.54, 1.807) is 0 Å². The third-order valence-corrected chi connectivity index (χ3v) is 3.68. The molecule has 0 aliphatic rings. The van der Waals surface area contributed by atoms with Crippen molar-refractivity contribution < 1.29 is 13.2 Å². The first-order valence-corrected chi connectivity index (χ1v) is 8.12. The fourth-order valence-electron chi connectivity index (χ4n) is 1.92. The second-order valence-electron chi connectivity index (χ2n) is 5.89. The average Bonchev–Trinajstić information content (AvgIpc) is 2.51. The van der Waals surface area contributed by atoms with E-state index in [1.807, 2.05) is 6.92 Å². The molecule has 1 aromatic carbocycles. The summed E-state index contributed by atoms with van der Waals surface area (Å²) >= 11 is 0. The van der Waals surface area contributed by atoms with Crippen LogP contribution < -0.4 is 10.6 Å². The molecule has 2 N–H and O–H groups in total. The van der Waals surface area contributed by atoms with E-state index in [1.165, 1.54) is 12.1 Å². The van der Waals surface area contributed by atoms with Gasteiger partial charge < -0.3 is 15.5 Å². The van der Waals surface area contributed by atoms with Crippen molar-refractivity contribution in [1.29, 1.82) is 0 Å². The number of hydrogen-bond acceptors (Lipinski definition) is 2. The smallest absolute Gasteiger partial charge is 0.357 e. The summed E-state index contributed by atoms with van der Waals surface area (Å²) in [5.74, 6) is 0.662. The Kier molecular flexibility index (Phi) is 8.04. The van der Waals surface area contributed by atoms with Crippen molar-refractivity contribution in [2.24, 2.45) is 4.99 Å². The lowest BCUT2D eigenvalue weighted by Crippen LogP contribution is -2.42. The van der Waals surface area contributed by atoms with E-state index in [4.69, 9.17) is 0 Å². The van der Waals surface area contributed by atoms with Gasteiger partial charge in [0.25, 0.3) is 0 Å². The minimum Gasteiger partial charge on any atom is -0.357 e. The molecule has 0 saturated carbocycles. The third kappa shape index (κ3) is 7.21. The Morgan fingerprint density at radius 2 is 1.79 bits per heavy atom. The number of alkyl halides is 3. The van der Waals surface area contributed by atoms with E-state index < -0.39 is 11.7 Å². The number of guanidine groups is 1. The van der Waals surface area contributed by atoms with Crippen LogP contribution in [0.25, 0.3) is 0 Å². The fraction of sp³-hybridized carbons (Fsp3) is 0.588. The van der Waals surface area contributed by atoms with Crippen LogP contribution in [-0.2, 0) is 12.7 Å². The van der Waals surface area contributed by atoms with Crippen LogP contribution in [0.15, 0.2) is 29.3 Å². The Balaban J connectivity index is 2.59. The number of nitrogens with zero attached hydrogens (tertiary/aromatic N) is 2. The van der Waals surface area contributed by atoms with Gasteiger partial charge in [-0.25, -0.2) is 4.99 Å². The highest BCUT2D eigenvalue weighted by atomic mass is 19.4. The Labute approximate surface area is 142 Å². The Bertz CT molecular complexity index is 510. The molecule has 0 aromatic heterocycles. The van der Waals surface area contributed by atoms with Gasteiger partial charge in [-0.05, 0) is 45.5 Å². The van der Waals surface area contributed by atoms with Gasteiger partial charge in [0.1, 0.15) is 0 Å². The molecule has 0 aliphatic carbocycles. The normalized spacial score (nSPS) is 12.8. The Hall–Kier alpha value is -1.76. The van der Waals surface area contributed by atoms with Gasteiger partial charge in [0.2, 0.25) is 0 Å². The zero-order chi connectivity index (χ0) is 18.2. The molecule has 0 amide bonds. The molecule has 1 rings (SSSR count). The summed E-state index contributed by atoms with van der Waals surface area (Å²) in [4.78, 5) is 6.63. The third-order valence-electron chi connectivity index (χ3n) is 3.68. The molecule has 0 aliphatic heterocycles. The molecule has 0 spiro atoms. The van der Waals surface area contributed by atoms with Crippen molar-refractivity contribution >= 4 is 5.96 Å². The van der Waals surface area contributed by atoms with Gasteiger partial charge in [-0.3, -0.25) is 0 Å². The number of likely N-dealkylation sites (N-methyl/N-ethyl adjacent to an activating group) is 1. The van der Waals surface area contributed by atoms with Crippen LogP contribution >= 0.6 is 0 Å². The first kappa shape index (κ1) is 20.3. The lowest BCUT2D eigenvalue weighted by molar-refractivity contribution is -0.137. The van der Waals surface area contributed by atoms with E-state index in [9.17, 15) is 13.2 Å². The number of rotatable bonds is 7. The van der Waals surface area contributed by atoms with Crippen molar-refractivity contribution in [3.05, 3.63) is 35.4 Å². The van der Waals surface area contributed by atoms with Gasteiger partial charge in [-0.15, -0.1) is 0 Å². The van der Waals surface area contributed by atoms with E-state index in [2.05, 4.69) is 41.4 Å². The molecule has 0 atom stereocenters. The zero-order valence-electron chi connectivity index (χ0n) is 14.7. The monoisotopic (exact) mass is 344 g/mol. The quantitative estimate of drug-likeness (QED) is 0.590. The maximum Gasteiger partial charge on any atom is 0.416 e. The molecule has 4 nitrogen and oxygen atoms in total. The van der Waals surface area contributed by atoms with Crippen LogP contribution in [0.1, 0.15) is 31.9 Å². The van der Waals surface area contributed by atoms with E-state index in [0.717, 1.165) is 37.3 Å². The van der Waals surface area contributed by atoms with Crippen LogP contribution in [-0.4, -0.2) is 43.6 Å². The molecule has 0 saturated heterocycles. The number of benzene rings is 1. The van der Waals surface area contributed by atoms with E-state index in [0.29, 0.717) is 18.5 Å². The molecule has 0 radical (unpaired) electrons. The van der Waals surface area contributed by atoms with Gasteiger partial charge in [0.05, 0.1) is 12.1 Å². The number of nitrogens with one attached hydrogen (secondary N) is 2. The molecule has 0 heterocycles. The maximum atomic E-state index is 12.5. The van der Waals surface area contributed by atoms with E-state index in [-0.39, 0.29) is 0 Å². The van der Waals surface area contributed by atoms with Crippen molar-refractivity contribution in [3.8, 4) is 0 Å².